The molecule has 1 atom stereocenters. The number of H-pyrrole nitrogens is 1. The molecule has 2 aliphatic rings. The van der Waals surface area contributed by atoms with E-state index < -0.39 is 0 Å². The lowest BCUT2D eigenvalue weighted by atomic mass is 9.85. The molecule has 1 amide bonds. The van der Waals surface area contributed by atoms with Gasteiger partial charge in [0.15, 0.2) is 0 Å². The van der Waals surface area contributed by atoms with Gasteiger partial charge in [0.2, 0.25) is 11.9 Å². The van der Waals surface area contributed by atoms with Crippen molar-refractivity contribution in [3.05, 3.63) is 35.2 Å². The number of amides is 1. The molecule has 1 saturated carbocycles. The van der Waals surface area contributed by atoms with Gasteiger partial charge in [-0.2, -0.15) is 4.98 Å². The van der Waals surface area contributed by atoms with Crippen molar-refractivity contribution >= 4 is 11.9 Å². The van der Waals surface area contributed by atoms with Crippen LogP contribution in [0, 0.1) is 0 Å². The number of rotatable bonds is 4. The van der Waals surface area contributed by atoms with E-state index in [-0.39, 0.29) is 11.8 Å². The van der Waals surface area contributed by atoms with Gasteiger partial charge < -0.3 is 4.74 Å². The predicted molar refractivity (Wildman–Crippen MR) is 85.7 cm³/mol. The molecule has 0 radical (unpaired) electrons. The van der Waals surface area contributed by atoms with Crippen LogP contribution in [0.3, 0.4) is 0 Å². The van der Waals surface area contributed by atoms with Crippen molar-refractivity contribution in [2.75, 3.05) is 12.4 Å². The van der Waals surface area contributed by atoms with Gasteiger partial charge in [-0.15, -0.1) is 5.10 Å². The van der Waals surface area contributed by atoms with Crippen LogP contribution in [0.2, 0.25) is 0 Å². The van der Waals surface area contributed by atoms with Crippen molar-refractivity contribution in [3.63, 3.8) is 0 Å². The van der Waals surface area contributed by atoms with E-state index in [1.54, 1.807) is 7.11 Å². The number of anilines is 1. The first-order valence-electron chi connectivity index (χ1n) is 8.14. The number of ether oxygens (including phenoxy) is 1. The normalized spacial score (nSPS) is 20.0. The molecule has 23 heavy (non-hydrogen) atoms. The molecule has 6 heteroatoms. The summed E-state index contributed by atoms with van der Waals surface area (Å²) in [6.07, 6.45) is 5.28. The monoisotopic (exact) mass is 312 g/mol. The molecule has 6 nitrogen and oxygen atoms in total. The van der Waals surface area contributed by atoms with E-state index in [0.29, 0.717) is 11.9 Å². The molecule has 4 rings (SSSR count). The summed E-state index contributed by atoms with van der Waals surface area (Å²) in [7, 11) is 1.64. The highest BCUT2D eigenvalue weighted by Gasteiger charge is 2.30. The Morgan fingerprint density at radius 1 is 1.35 bits per heavy atom. The molecule has 0 saturated heterocycles. The number of benzene rings is 1. The largest absolute Gasteiger partial charge is 0.497 e. The lowest BCUT2D eigenvalue weighted by molar-refractivity contribution is -0.117. The third-order valence-corrected chi connectivity index (χ3v) is 4.98. The number of nitrogens with zero attached hydrogens (tertiary/aromatic N) is 2. The topological polar surface area (TPSA) is 79.9 Å². The van der Waals surface area contributed by atoms with Crippen LogP contribution in [0.25, 0.3) is 0 Å². The Morgan fingerprint density at radius 3 is 2.96 bits per heavy atom. The molecule has 2 aromatic rings. The zero-order chi connectivity index (χ0) is 15.8. The van der Waals surface area contributed by atoms with Crippen molar-refractivity contribution in [2.24, 2.45) is 0 Å². The maximum atomic E-state index is 12.6. The summed E-state index contributed by atoms with van der Waals surface area (Å²) >= 11 is 0. The van der Waals surface area contributed by atoms with Crippen LogP contribution in [-0.2, 0) is 11.2 Å². The lowest BCUT2D eigenvalue weighted by Gasteiger charge is -2.22. The lowest BCUT2D eigenvalue weighted by Crippen LogP contribution is -2.20. The molecular formula is C17H20N4O2. The van der Waals surface area contributed by atoms with E-state index in [0.717, 1.165) is 42.8 Å². The number of hydrogen-bond acceptors (Lipinski definition) is 4. The number of hydrogen-bond donors (Lipinski definition) is 2. The third kappa shape index (κ3) is 2.58. The fraction of sp³-hybridized carbons (Fsp3) is 0.471. The van der Waals surface area contributed by atoms with Gasteiger partial charge >= 0.3 is 0 Å². The van der Waals surface area contributed by atoms with Crippen molar-refractivity contribution in [1.29, 1.82) is 0 Å². The van der Waals surface area contributed by atoms with E-state index in [4.69, 9.17) is 4.74 Å². The summed E-state index contributed by atoms with van der Waals surface area (Å²) in [6.45, 7) is 0. The van der Waals surface area contributed by atoms with Gasteiger partial charge in [-0.3, -0.25) is 15.2 Å². The summed E-state index contributed by atoms with van der Waals surface area (Å²) < 4.78 is 5.27. The number of nitrogens with one attached hydrogen (secondary N) is 2. The minimum Gasteiger partial charge on any atom is -0.497 e. The van der Waals surface area contributed by atoms with E-state index in [1.807, 2.05) is 18.2 Å². The maximum absolute atomic E-state index is 12.6. The molecule has 1 aromatic carbocycles. The molecule has 1 unspecified atom stereocenters. The Bertz CT molecular complexity index is 736. The molecular weight excluding hydrogens is 292 g/mol. The average Bonchev–Trinajstić information content (AvgIpc) is 3.11. The van der Waals surface area contributed by atoms with Gasteiger partial charge in [-0.25, -0.2) is 0 Å². The first-order valence-corrected chi connectivity index (χ1v) is 8.14. The maximum Gasteiger partial charge on any atom is 0.248 e. The second kappa shape index (κ2) is 5.68. The Morgan fingerprint density at radius 2 is 2.22 bits per heavy atom. The zero-order valence-corrected chi connectivity index (χ0v) is 13.1. The third-order valence-electron chi connectivity index (χ3n) is 4.98. The summed E-state index contributed by atoms with van der Waals surface area (Å²) in [6, 6.07) is 5.95. The van der Waals surface area contributed by atoms with Gasteiger partial charge in [0.25, 0.3) is 0 Å². The van der Waals surface area contributed by atoms with Gasteiger partial charge in [-0.1, -0.05) is 12.5 Å². The van der Waals surface area contributed by atoms with Crippen molar-refractivity contribution in [1.82, 2.24) is 15.2 Å². The second-order valence-corrected chi connectivity index (χ2v) is 6.32. The van der Waals surface area contributed by atoms with Gasteiger partial charge in [-0.05, 0) is 48.9 Å². The van der Waals surface area contributed by atoms with Crippen LogP contribution in [0.4, 0.5) is 5.95 Å². The molecule has 2 N–H and O–H groups in total. The standard InChI is InChI=1S/C17H20N4O2/c1-23-12-7-5-10-6-8-13(14(10)9-12)16(22)19-17-18-15(20-21-17)11-3-2-4-11/h5,7,9,11,13H,2-4,6,8H2,1H3,(H2,18,19,20,21,22). The van der Waals surface area contributed by atoms with E-state index >= 15 is 0 Å². The molecule has 2 aliphatic carbocycles. The number of aromatic amines is 1. The van der Waals surface area contributed by atoms with Crippen molar-refractivity contribution < 1.29 is 9.53 Å². The molecule has 0 bridgehead atoms. The van der Waals surface area contributed by atoms with E-state index in [1.165, 1.54) is 12.0 Å². The smallest absolute Gasteiger partial charge is 0.248 e. The van der Waals surface area contributed by atoms with Gasteiger partial charge in [0.1, 0.15) is 11.6 Å². The van der Waals surface area contributed by atoms with Crippen LogP contribution >= 0.6 is 0 Å². The molecule has 0 spiro atoms. The van der Waals surface area contributed by atoms with Gasteiger partial charge in [0.05, 0.1) is 13.0 Å². The Kier molecular flexibility index (Phi) is 3.52. The van der Waals surface area contributed by atoms with E-state index in [9.17, 15) is 4.79 Å². The van der Waals surface area contributed by atoms with Crippen LogP contribution < -0.4 is 10.1 Å². The van der Waals surface area contributed by atoms with Crippen molar-refractivity contribution in [2.45, 2.75) is 43.9 Å². The average molecular weight is 312 g/mol. The Balaban J connectivity index is 1.49. The highest BCUT2D eigenvalue weighted by molar-refractivity contribution is 5.95. The van der Waals surface area contributed by atoms with Crippen LogP contribution in [-0.4, -0.2) is 28.2 Å². The summed E-state index contributed by atoms with van der Waals surface area (Å²) in [5.41, 5.74) is 2.27. The fourth-order valence-electron chi connectivity index (χ4n) is 3.37. The van der Waals surface area contributed by atoms with E-state index in [2.05, 4.69) is 20.5 Å². The van der Waals surface area contributed by atoms with Crippen LogP contribution in [0.15, 0.2) is 18.2 Å². The minimum atomic E-state index is -0.161. The summed E-state index contributed by atoms with van der Waals surface area (Å²) in [4.78, 5) is 17.0. The minimum absolute atomic E-state index is 0.0452. The number of carbonyl (C=O) groups excluding carboxylic acids is 1. The molecule has 1 heterocycles. The number of carbonyl (C=O) groups is 1. The molecule has 120 valence electrons. The number of fused-ring (bicyclic) bond motifs is 1. The molecule has 1 fully saturated rings. The quantitative estimate of drug-likeness (QED) is 0.909. The van der Waals surface area contributed by atoms with Crippen LogP contribution in [0.1, 0.15) is 54.5 Å². The summed E-state index contributed by atoms with van der Waals surface area (Å²) in [5, 5.41) is 9.93. The highest BCUT2D eigenvalue weighted by Crippen LogP contribution is 2.37. The van der Waals surface area contributed by atoms with Crippen molar-refractivity contribution in [3.8, 4) is 5.75 Å². The SMILES string of the molecule is COc1ccc2c(c1)C(C(=O)Nc1n[nH]c(C3CCC3)n1)CC2. The van der Waals surface area contributed by atoms with Crippen LogP contribution in [0.5, 0.6) is 5.75 Å². The zero-order valence-electron chi connectivity index (χ0n) is 13.1. The summed E-state index contributed by atoms with van der Waals surface area (Å²) in [5.74, 6) is 2.33. The fourth-order valence-corrected chi connectivity index (χ4v) is 3.37. The van der Waals surface area contributed by atoms with Gasteiger partial charge in [0, 0.05) is 5.92 Å². The molecule has 0 aliphatic heterocycles. The Hall–Kier alpha value is -2.37. The first kappa shape index (κ1) is 14.2. The molecule has 1 aromatic heterocycles. The number of aromatic nitrogens is 3. The number of methoxy groups -OCH3 is 1. The highest BCUT2D eigenvalue weighted by atomic mass is 16.5. The first-order chi connectivity index (χ1) is 11.2. The Labute approximate surface area is 134 Å². The predicted octanol–water partition coefficient (Wildman–Crippen LogP) is 2.75. The number of aryl methyl sites for hydroxylation is 1. The second-order valence-electron chi connectivity index (χ2n) is 6.32.